The molecule has 2 atom stereocenters. The van der Waals surface area contributed by atoms with Crippen molar-refractivity contribution in [3.05, 3.63) is 0 Å². The Kier molecular flexibility index (Phi) is 12.3. The second kappa shape index (κ2) is 12.5. The molecular weight excluding hydrogens is 275 g/mol. The molecule has 0 amide bonds. The van der Waals surface area contributed by atoms with Crippen molar-refractivity contribution in [1.29, 1.82) is 0 Å². The van der Waals surface area contributed by atoms with Crippen LogP contribution in [-0.2, 0) is 9.53 Å². The highest BCUT2D eigenvalue weighted by molar-refractivity contribution is 8.00. The SMILES string of the molecule is CCCCC(SCCCC(F)CC)C(=O)OCC(C)C. The normalized spacial score (nSPS) is 14.3. The Morgan fingerprint density at radius 2 is 1.90 bits per heavy atom. The Labute approximate surface area is 128 Å². The third-order valence-electron chi connectivity index (χ3n) is 3.07. The van der Waals surface area contributed by atoms with Crippen LogP contribution in [0, 0.1) is 5.92 Å². The van der Waals surface area contributed by atoms with Gasteiger partial charge in [-0.2, -0.15) is 0 Å². The van der Waals surface area contributed by atoms with E-state index in [0.29, 0.717) is 25.4 Å². The number of thioether (sulfide) groups is 1. The van der Waals surface area contributed by atoms with Gasteiger partial charge in [0, 0.05) is 0 Å². The summed E-state index contributed by atoms with van der Waals surface area (Å²) >= 11 is 1.63. The minimum atomic E-state index is -0.697. The van der Waals surface area contributed by atoms with Gasteiger partial charge in [-0.25, -0.2) is 4.39 Å². The van der Waals surface area contributed by atoms with Crippen molar-refractivity contribution in [2.45, 2.75) is 77.6 Å². The number of hydrogen-bond donors (Lipinski definition) is 0. The van der Waals surface area contributed by atoms with Gasteiger partial charge in [-0.05, 0) is 37.4 Å². The molecule has 0 spiro atoms. The summed E-state index contributed by atoms with van der Waals surface area (Å²) < 4.78 is 18.5. The van der Waals surface area contributed by atoms with E-state index in [-0.39, 0.29) is 11.2 Å². The molecule has 20 heavy (non-hydrogen) atoms. The molecule has 0 saturated heterocycles. The van der Waals surface area contributed by atoms with Crippen molar-refractivity contribution >= 4 is 17.7 Å². The van der Waals surface area contributed by atoms with Crippen LogP contribution >= 0.6 is 11.8 Å². The van der Waals surface area contributed by atoms with Crippen molar-refractivity contribution < 1.29 is 13.9 Å². The fourth-order valence-electron chi connectivity index (χ4n) is 1.74. The third kappa shape index (κ3) is 10.5. The molecule has 0 aromatic rings. The van der Waals surface area contributed by atoms with Gasteiger partial charge in [0.1, 0.15) is 5.25 Å². The third-order valence-corrected chi connectivity index (χ3v) is 4.42. The summed E-state index contributed by atoms with van der Waals surface area (Å²) in [5.41, 5.74) is 0. The second-order valence-electron chi connectivity index (χ2n) is 5.67. The average molecular weight is 306 g/mol. The van der Waals surface area contributed by atoms with Crippen molar-refractivity contribution in [2.24, 2.45) is 5.92 Å². The van der Waals surface area contributed by atoms with Crippen LogP contribution in [0.25, 0.3) is 0 Å². The van der Waals surface area contributed by atoms with Crippen molar-refractivity contribution in [2.75, 3.05) is 12.4 Å². The van der Waals surface area contributed by atoms with E-state index < -0.39 is 6.17 Å². The lowest BCUT2D eigenvalue weighted by Gasteiger charge is -2.16. The van der Waals surface area contributed by atoms with Gasteiger partial charge in [0.2, 0.25) is 0 Å². The van der Waals surface area contributed by atoms with Crippen LogP contribution in [0.15, 0.2) is 0 Å². The quantitative estimate of drug-likeness (QED) is 0.375. The molecule has 0 aromatic carbocycles. The molecule has 2 nitrogen and oxygen atoms in total. The molecule has 0 rings (SSSR count). The zero-order valence-corrected chi connectivity index (χ0v) is 14.3. The summed E-state index contributed by atoms with van der Waals surface area (Å²) in [5.74, 6) is 1.11. The number of carbonyl (C=O) groups excluding carboxylic acids is 1. The summed E-state index contributed by atoms with van der Waals surface area (Å²) in [6, 6.07) is 0. The summed E-state index contributed by atoms with van der Waals surface area (Å²) in [4.78, 5) is 12.0. The summed E-state index contributed by atoms with van der Waals surface area (Å²) in [5, 5.41) is -0.0756. The summed E-state index contributed by atoms with van der Waals surface area (Å²) in [6.45, 7) is 8.55. The van der Waals surface area contributed by atoms with Crippen molar-refractivity contribution in [1.82, 2.24) is 0 Å². The number of halogens is 1. The van der Waals surface area contributed by atoms with Gasteiger partial charge < -0.3 is 4.74 Å². The largest absolute Gasteiger partial charge is 0.465 e. The van der Waals surface area contributed by atoms with Crippen LogP contribution in [0.3, 0.4) is 0 Å². The highest BCUT2D eigenvalue weighted by atomic mass is 32.2. The molecule has 120 valence electrons. The van der Waals surface area contributed by atoms with Crippen molar-refractivity contribution in [3.63, 3.8) is 0 Å². The second-order valence-corrected chi connectivity index (χ2v) is 6.98. The first kappa shape index (κ1) is 19.8. The number of alkyl halides is 1. The predicted molar refractivity (Wildman–Crippen MR) is 86.0 cm³/mol. The molecule has 0 saturated carbocycles. The molecule has 0 heterocycles. The molecule has 2 unspecified atom stereocenters. The summed E-state index contributed by atoms with van der Waals surface area (Å²) in [7, 11) is 0. The lowest BCUT2D eigenvalue weighted by molar-refractivity contribution is -0.144. The van der Waals surface area contributed by atoms with Crippen LogP contribution in [0.4, 0.5) is 4.39 Å². The van der Waals surface area contributed by atoms with E-state index >= 15 is 0 Å². The van der Waals surface area contributed by atoms with E-state index in [0.717, 1.165) is 31.4 Å². The van der Waals surface area contributed by atoms with Gasteiger partial charge in [0.05, 0.1) is 12.8 Å². The number of esters is 1. The molecule has 0 aliphatic carbocycles. The monoisotopic (exact) mass is 306 g/mol. The molecule has 0 radical (unpaired) electrons. The van der Waals surface area contributed by atoms with Crippen molar-refractivity contribution in [3.8, 4) is 0 Å². The number of hydrogen-bond acceptors (Lipinski definition) is 3. The lowest BCUT2D eigenvalue weighted by atomic mass is 10.2. The van der Waals surface area contributed by atoms with Crippen LogP contribution in [0.1, 0.15) is 66.2 Å². The Morgan fingerprint density at radius 3 is 2.45 bits per heavy atom. The van der Waals surface area contributed by atoms with E-state index in [1.54, 1.807) is 11.8 Å². The van der Waals surface area contributed by atoms with E-state index in [4.69, 9.17) is 4.74 Å². The van der Waals surface area contributed by atoms with E-state index in [9.17, 15) is 9.18 Å². The topological polar surface area (TPSA) is 26.3 Å². The molecule has 0 aliphatic heterocycles. The Hall–Kier alpha value is -0.250. The Bertz CT molecular complexity index is 247. The maximum absolute atomic E-state index is 13.1. The number of rotatable bonds is 12. The molecule has 0 N–H and O–H groups in total. The number of ether oxygens (including phenoxy) is 1. The zero-order chi connectivity index (χ0) is 15.4. The van der Waals surface area contributed by atoms with E-state index in [2.05, 4.69) is 6.92 Å². The molecular formula is C16H31FO2S. The van der Waals surface area contributed by atoms with Crippen LogP contribution in [0.5, 0.6) is 0 Å². The Morgan fingerprint density at radius 1 is 1.20 bits per heavy atom. The molecule has 0 aromatic heterocycles. The minimum absolute atomic E-state index is 0.0756. The van der Waals surface area contributed by atoms with E-state index in [1.807, 2.05) is 20.8 Å². The zero-order valence-electron chi connectivity index (χ0n) is 13.5. The van der Waals surface area contributed by atoms with Crippen LogP contribution in [-0.4, -0.2) is 29.8 Å². The average Bonchev–Trinajstić information content (AvgIpc) is 2.43. The van der Waals surface area contributed by atoms with Gasteiger partial charge in [-0.3, -0.25) is 4.79 Å². The number of unbranched alkanes of at least 4 members (excludes halogenated alkanes) is 1. The number of carbonyl (C=O) groups is 1. The smallest absolute Gasteiger partial charge is 0.319 e. The van der Waals surface area contributed by atoms with Crippen LogP contribution < -0.4 is 0 Å². The van der Waals surface area contributed by atoms with Gasteiger partial charge in [0.25, 0.3) is 0 Å². The van der Waals surface area contributed by atoms with E-state index in [1.165, 1.54) is 0 Å². The predicted octanol–water partition coefficient (Wildman–Crippen LogP) is 5.01. The fraction of sp³-hybridized carbons (Fsp3) is 0.938. The highest BCUT2D eigenvalue weighted by Crippen LogP contribution is 2.21. The van der Waals surface area contributed by atoms with Gasteiger partial charge in [-0.15, -0.1) is 11.8 Å². The first-order valence-corrected chi connectivity index (χ1v) is 8.98. The molecule has 0 fully saturated rings. The minimum Gasteiger partial charge on any atom is -0.465 e. The highest BCUT2D eigenvalue weighted by Gasteiger charge is 2.20. The first-order valence-electron chi connectivity index (χ1n) is 7.93. The maximum Gasteiger partial charge on any atom is 0.319 e. The van der Waals surface area contributed by atoms with Gasteiger partial charge in [0.15, 0.2) is 0 Å². The van der Waals surface area contributed by atoms with Gasteiger partial charge in [-0.1, -0.05) is 40.5 Å². The molecule has 0 bridgehead atoms. The summed E-state index contributed by atoms with van der Waals surface area (Å²) in [6.07, 6.45) is 4.31. The van der Waals surface area contributed by atoms with Crippen LogP contribution in [0.2, 0.25) is 0 Å². The first-order chi connectivity index (χ1) is 9.51. The molecule has 0 aliphatic rings. The Balaban J connectivity index is 4.03. The fourth-order valence-corrected chi connectivity index (χ4v) is 2.89. The molecule has 4 heteroatoms. The maximum atomic E-state index is 13.1. The van der Waals surface area contributed by atoms with Gasteiger partial charge >= 0.3 is 5.97 Å². The lowest BCUT2D eigenvalue weighted by Crippen LogP contribution is -2.22. The standard InChI is InChI=1S/C16H31FO2S/c1-5-7-10-15(16(18)19-12-13(3)4)20-11-8-9-14(17)6-2/h13-15H,5-12H2,1-4H3.